The molecule has 0 aromatic rings. The van der Waals surface area contributed by atoms with Gasteiger partial charge in [0.25, 0.3) is 0 Å². The normalized spacial score (nSPS) is 14.8. The molecule has 0 amide bonds. The molecule has 0 aromatic heterocycles. The summed E-state index contributed by atoms with van der Waals surface area (Å²) in [5.41, 5.74) is 0. The number of esters is 1. The molecule has 4 N–H and O–H groups in total. The number of carbonyl (C=O) groups excluding carboxylic acids is 1. The fourth-order valence-corrected chi connectivity index (χ4v) is 3.05. The van der Waals surface area contributed by atoms with Crippen LogP contribution in [-0.2, 0) is 9.53 Å². The van der Waals surface area contributed by atoms with Crippen LogP contribution in [0.2, 0.25) is 0 Å². The second-order valence-electron chi connectivity index (χ2n) is 7.83. The predicted molar refractivity (Wildman–Crippen MR) is 116 cm³/mol. The molecule has 0 fully saturated rings. The molecule has 0 saturated carbocycles. The molecule has 6 nitrogen and oxygen atoms in total. The largest absolute Gasteiger partial charge is 0.463 e. The molecule has 0 rings (SSSR count). The Labute approximate surface area is 177 Å². The first kappa shape index (κ1) is 28.1. The standard InChI is InChI=1S/C23H44O6/c1-2-3-4-5-6-7-8-9-10-11-12-13-14-15-16-17-22(27)29-19-21(26)23(28)20(25)18-24/h9-10,20-21,23-26,28H,2-8,11-19H2,1H3/b10-9-/t20-,21-,23-/m1/s1. The molecule has 0 aliphatic rings. The Hall–Kier alpha value is -0.950. The molecular weight excluding hydrogens is 372 g/mol. The molecule has 0 aromatic carbocycles. The van der Waals surface area contributed by atoms with Gasteiger partial charge in [0.15, 0.2) is 0 Å². The van der Waals surface area contributed by atoms with Crippen LogP contribution in [0.3, 0.4) is 0 Å². The first-order chi connectivity index (χ1) is 14.0. The number of carbonyl (C=O) groups is 1. The summed E-state index contributed by atoms with van der Waals surface area (Å²) in [5.74, 6) is -0.424. The quantitative estimate of drug-likeness (QED) is 0.137. The molecular formula is C23H44O6. The monoisotopic (exact) mass is 416 g/mol. The molecule has 0 aliphatic carbocycles. The first-order valence-corrected chi connectivity index (χ1v) is 11.5. The van der Waals surface area contributed by atoms with Crippen molar-refractivity contribution in [3.05, 3.63) is 12.2 Å². The molecule has 0 heterocycles. The third-order valence-electron chi connectivity index (χ3n) is 5.03. The minimum absolute atomic E-state index is 0.281. The Balaban J connectivity index is 3.43. The Morgan fingerprint density at radius 3 is 1.86 bits per heavy atom. The summed E-state index contributed by atoms with van der Waals surface area (Å²) in [4.78, 5) is 11.6. The van der Waals surface area contributed by atoms with Gasteiger partial charge >= 0.3 is 5.97 Å². The molecule has 0 spiro atoms. The molecule has 0 radical (unpaired) electrons. The van der Waals surface area contributed by atoms with Crippen LogP contribution < -0.4 is 0 Å². The summed E-state index contributed by atoms with van der Waals surface area (Å²) in [6, 6.07) is 0. The minimum atomic E-state index is -1.53. The number of aliphatic hydroxyl groups is 4. The summed E-state index contributed by atoms with van der Waals surface area (Å²) in [7, 11) is 0. The van der Waals surface area contributed by atoms with Crippen LogP contribution >= 0.6 is 0 Å². The van der Waals surface area contributed by atoms with Gasteiger partial charge in [-0.1, -0.05) is 70.4 Å². The molecule has 6 heteroatoms. The lowest BCUT2D eigenvalue weighted by molar-refractivity contribution is -0.152. The van der Waals surface area contributed by atoms with Gasteiger partial charge < -0.3 is 25.2 Å². The second-order valence-corrected chi connectivity index (χ2v) is 7.83. The van der Waals surface area contributed by atoms with Crippen molar-refractivity contribution in [2.75, 3.05) is 13.2 Å². The van der Waals surface area contributed by atoms with Crippen LogP contribution in [0, 0.1) is 0 Å². The fourth-order valence-electron chi connectivity index (χ4n) is 3.05. The van der Waals surface area contributed by atoms with E-state index in [0.29, 0.717) is 0 Å². The van der Waals surface area contributed by atoms with Gasteiger partial charge in [0.1, 0.15) is 24.9 Å². The number of unbranched alkanes of at least 4 members (excludes halogenated alkanes) is 11. The molecule has 0 saturated heterocycles. The van der Waals surface area contributed by atoms with Gasteiger partial charge in [-0.2, -0.15) is 0 Å². The van der Waals surface area contributed by atoms with Crippen LogP contribution in [0.5, 0.6) is 0 Å². The number of allylic oxidation sites excluding steroid dienone is 2. The van der Waals surface area contributed by atoms with Gasteiger partial charge in [0.05, 0.1) is 6.61 Å². The topological polar surface area (TPSA) is 107 Å². The molecule has 29 heavy (non-hydrogen) atoms. The first-order valence-electron chi connectivity index (χ1n) is 11.5. The molecule has 0 unspecified atom stereocenters. The van der Waals surface area contributed by atoms with E-state index < -0.39 is 30.9 Å². The van der Waals surface area contributed by atoms with Crippen LogP contribution in [0.1, 0.15) is 96.8 Å². The average Bonchev–Trinajstić information content (AvgIpc) is 2.73. The van der Waals surface area contributed by atoms with E-state index in [2.05, 4.69) is 19.1 Å². The number of hydrogen-bond donors (Lipinski definition) is 4. The number of ether oxygens (including phenoxy) is 1. The highest BCUT2D eigenvalue weighted by molar-refractivity contribution is 5.69. The van der Waals surface area contributed by atoms with E-state index in [1.807, 2.05) is 0 Å². The minimum Gasteiger partial charge on any atom is -0.463 e. The maximum absolute atomic E-state index is 11.6. The van der Waals surface area contributed by atoms with E-state index in [4.69, 9.17) is 9.84 Å². The summed E-state index contributed by atoms with van der Waals surface area (Å²) < 4.78 is 4.89. The highest BCUT2D eigenvalue weighted by atomic mass is 16.5. The van der Waals surface area contributed by atoms with E-state index in [1.165, 1.54) is 51.4 Å². The predicted octanol–water partition coefficient (Wildman–Crippen LogP) is 3.64. The van der Waals surface area contributed by atoms with Crippen molar-refractivity contribution in [3.63, 3.8) is 0 Å². The van der Waals surface area contributed by atoms with E-state index in [9.17, 15) is 20.1 Å². The summed E-state index contributed by atoms with van der Waals surface area (Å²) in [6.07, 6.45) is 16.0. The average molecular weight is 417 g/mol. The van der Waals surface area contributed by atoms with Gasteiger partial charge in [0.2, 0.25) is 0 Å². The van der Waals surface area contributed by atoms with E-state index in [0.717, 1.165) is 32.1 Å². The van der Waals surface area contributed by atoms with Crippen molar-refractivity contribution in [3.8, 4) is 0 Å². The Bertz CT molecular complexity index is 399. The Morgan fingerprint density at radius 2 is 1.31 bits per heavy atom. The third kappa shape index (κ3) is 17.6. The molecule has 3 atom stereocenters. The lowest BCUT2D eigenvalue weighted by Gasteiger charge is -2.21. The molecule has 0 aliphatic heterocycles. The second kappa shape index (κ2) is 20.3. The summed E-state index contributed by atoms with van der Waals surface area (Å²) in [6.45, 7) is 1.19. The van der Waals surface area contributed by atoms with Crippen molar-refractivity contribution in [2.24, 2.45) is 0 Å². The maximum atomic E-state index is 11.6. The SMILES string of the molecule is CCCCCCCC/C=C\CCCCCCCC(=O)OC[C@@H](O)[C@H](O)[C@H](O)CO. The lowest BCUT2D eigenvalue weighted by atomic mass is 10.1. The molecule has 172 valence electrons. The van der Waals surface area contributed by atoms with Crippen molar-refractivity contribution >= 4 is 5.97 Å². The van der Waals surface area contributed by atoms with Crippen molar-refractivity contribution in [1.29, 1.82) is 0 Å². The highest BCUT2D eigenvalue weighted by Crippen LogP contribution is 2.10. The van der Waals surface area contributed by atoms with Crippen molar-refractivity contribution in [1.82, 2.24) is 0 Å². The van der Waals surface area contributed by atoms with E-state index in [1.54, 1.807) is 0 Å². The highest BCUT2D eigenvalue weighted by Gasteiger charge is 2.25. The zero-order chi connectivity index (χ0) is 21.7. The van der Waals surface area contributed by atoms with Crippen molar-refractivity contribution in [2.45, 2.75) is 115 Å². The number of aliphatic hydroxyl groups excluding tert-OH is 4. The Kier molecular flexibility index (Phi) is 19.7. The third-order valence-corrected chi connectivity index (χ3v) is 5.03. The lowest BCUT2D eigenvalue weighted by Crippen LogP contribution is -2.42. The van der Waals surface area contributed by atoms with E-state index in [-0.39, 0.29) is 13.0 Å². The van der Waals surface area contributed by atoms with Gasteiger partial charge in [0, 0.05) is 6.42 Å². The van der Waals surface area contributed by atoms with E-state index >= 15 is 0 Å². The maximum Gasteiger partial charge on any atom is 0.305 e. The van der Waals surface area contributed by atoms with Crippen LogP contribution in [0.25, 0.3) is 0 Å². The Morgan fingerprint density at radius 1 is 0.793 bits per heavy atom. The van der Waals surface area contributed by atoms with Gasteiger partial charge in [-0.3, -0.25) is 4.79 Å². The van der Waals surface area contributed by atoms with Gasteiger partial charge in [-0.15, -0.1) is 0 Å². The number of hydrogen-bond acceptors (Lipinski definition) is 6. The van der Waals surface area contributed by atoms with Crippen molar-refractivity contribution < 1.29 is 30.0 Å². The molecule has 0 bridgehead atoms. The van der Waals surface area contributed by atoms with Crippen LogP contribution in [-0.4, -0.2) is 57.9 Å². The smallest absolute Gasteiger partial charge is 0.305 e. The summed E-state index contributed by atoms with van der Waals surface area (Å²) in [5, 5.41) is 36.9. The van der Waals surface area contributed by atoms with Crippen LogP contribution in [0.4, 0.5) is 0 Å². The number of rotatable bonds is 20. The van der Waals surface area contributed by atoms with Gasteiger partial charge in [-0.05, 0) is 32.1 Å². The fraction of sp³-hybridized carbons (Fsp3) is 0.870. The van der Waals surface area contributed by atoms with Crippen LogP contribution in [0.15, 0.2) is 12.2 Å². The zero-order valence-corrected chi connectivity index (χ0v) is 18.3. The zero-order valence-electron chi connectivity index (χ0n) is 18.3. The van der Waals surface area contributed by atoms with Gasteiger partial charge in [-0.25, -0.2) is 0 Å². The summed E-state index contributed by atoms with van der Waals surface area (Å²) >= 11 is 0.